The van der Waals surface area contributed by atoms with Crippen molar-refractivity contribution < 1.29 is 67.3 Å². The molecule has 0 aromatic carbocycles. The Kier molecular flexibility index (Phi) is 20.7. The Morgan fingerprint density at radius 2 is 1.61 bits per heavy atom. The summed E-state index contributed by atoms with van der Waals surface area (Å²) in [5.41, 5.74) is 1.30. The Morgan fingerprint density at radius 3 is 2.27 bits per heavy atom. The van der Waals surface area contributed by atoms with Crippen LogP contribution in [0, 0.1) is 29.6 Å². The van der Waals surface area contributed by atoms with Gasteiger partial charge in [0.25, 0.3) is 11.7 Å². The highest BCUT2D eigenvalue weighted by Gasteiger charge is 2.56. The van der Waals surface area contributed by atoms with Crippen LogP contribution in [0.3, 0.4) is 0 Å². The summed E-state index contributed by atoms with van der Waals surface area (Å²) in [6, 6.07) is -1.14. The first kappa shape index (κ1) is 54.2. The van der Waals surface area contributed by atoms with Crippen molar-refractivity contribution in [1.82, 2.24) is 4.90 Å². The molecule has 0 aromatic rings. The molecule has 3 saturated heterocycles. The highest BCUT2D eigenvalue weighted by Crippen LogP contribution is 2.39. The molecule has 0 radical (unpaired) electrons. The number of thioether (sulfide) groups is 1. The van der Waals surface area contributed by atoms with Gasteiger partial charge in [-0.25, -0.2) is 4.79 Å². The van der Waals surface area contributed by atoms with E-state index in [1.165, 1.54) is 19.1 Å². The summed E-state index contributed by atoms with van der Waals surface area (Å²) in [5, 5.41) is 23.8. The summed E-state index contributed by atoms with van der Waals surface area (Å²) in [7, 11) is 4.74. The van der Waals surface area contributed by atoms with Gasteiger partial charge in [0.05, 0.1) is 37.1 Å². The van der Waals surface area contributed by atoms with Crippen molar-refractivity contribution in [2.75, 3.05) is 46.8 Å². The van der Waals surface area contributed by atoms with Gasteiger partial charge in [-0.15, -0.1) is 11.8 Å². The number of Topliss-reactive ketones (excluding diaryl/α,β-unsaturated/α-hetero) is 2. The number of carbonyl (C=O) groups is 5. The summed E-state index contributed by atoms with van der Waals surface area (Å²) in [4.78, 5) is 70.2. The molecule has 15 nitrogen and oxygen atoms in total. The number of ether oxygens (including phenoxy) is 7. The molecule has 2 bridgehead atoms. The van der Waals surface area contributed by atoms with Crippen molar-refractivity contribution in [2.45, 2.75) is 185 Å². The van der Waals surface area contributed by atoms with Crippen LogP contribution in [0.1, 0.15) is 125 Å². The Bertz CT molecular complexity index is 1720. The lowest BCUT2D eigenvalue weighted by Crippen LogP contribution is -2.64. The molecule has 0 spiro atoms. The minimum absolute atomic E-state index is 0.0162. The zero-order chi connectivity index (χ0) is 48.3. The lowest BCUT2D eigenvalue weighted by atomic mass is 9.81. The number of esters is 2. The van der Waals surface area contributed by atoms with Crippen LogP contribution in [-0.2, 0) is 57.1 Å². The van der Waals surface area contributed by atoms with Gasteiger partial charge in [-0.2, -0.15) is 0 Å². The first-order chi connectivity index (χ1) is 31.4. The number of hydrogen-bond donors (Lipinski definition) is 2. The Hall–Kier alpha value is -2.70. The van der Waals surface area contributed by atoms with Gasteiger partial charge in [0.2, 0.25) is 5.79 Å². The average molecular weight is 950 g/mol. The van der Waals surface area contributed by atoms with Crippen molar-refractivity contribution in [1.29, 1.82) is 0 Å². The van der Waals surface area contributed by atoms with Crippen LogP contribution in [0.25, 0.3) is 0 Å². The van der Waals surface area contributed by atoms with Crippen LogP contribution in [0.2, 0.25) is 0 Å². The van der Waals surface area contributed by atoms with Gasteiger partial charge in [-0.05, 0) is 112 Å². The average Bonchev–Trinajstić information content (AvgIpc) is 3.72. The van der Waals surface area contributed by atoms with Crippen molar-refractivity contribution >= 4 is 41.2 Å². The van der Waals surface area contributed by atoms with Crippen LogP contribution >= 0.6 is 11.8 Å². The molecule has 15 atom stereocenters. The van der Waals surface area contributed by atoms with E-state index < -0.39 is 71.8 Å². The first-order valence-corrected chi connectivity index (χ1v) is 25.5. The van der Waals surface area contributed by atoms with E-state index in [4.69, 9.17) is 33.2 Å². The number of aliphatic hydroxyl groups excluding tert-OH is 1. The molecule has 4 aliphatic heterocycles. The molecule has 3 unspecified atom stereocenters. The first-order valence-electron chi connectivity index (χ1n) is 24.5. The van der Waals surface area contributed by atoms with Gasteiger partial charge < -0.3 is 48.3 Å². The molecule has 16 heteroatoms. The fourth-order valence-electron chi connectivity index (χ4n) is 10.7. The van der Waals surface area contributed by atoms with Gasteiger partial charge >= 0.3 is 11.9 Å². The highest BCUT2D eigenvalue weighted by molar-refractivity contribution is 8.00. The molecule has 1 saturated carbocycles. The van der Waals surface area contributed by atoms with Gasteiger partial charge in [-0.1, -0.05) is 46.8 Å². The number of ketones is 2. The van der Waals surface area contributed by atoms with Crippen molar-refractivity contribution in [3.63, 3.8) is 0 Å². The lowest BCUT2D eigenvalue weighted by Gasteiger charge is -2.47. The van der Waals surface area contributed by atoms with Crippen LogP contribution in [0.4, 0.5) is 0 Å². The van der Waals surface area contributed by atoms with Crippen molar-refractivity contribution in [3.05, 3.63) is 23.3 Å². The lowest BCUT2D eigenvalue weighted by molar-refractivity contribution is -0.302. The molecule has 374 valence electrons. The number of fused-ring (bicyclic) bond motifs is 3. The monoisotopic (exact) mass is 950 g/mol. The smallest absolute Gasteiger partial charge is 0.329 e. The predicted octanol–water partition coefficient (Wildman–Crippen LogP) is 5.94. The minimum atomic E-state index is -2.51. The number of methoxy groups -OCH3 is 3. The molecule has 4 heterocycles. The van der Waals surface area contributed by atoms with Crippen molar-refractivity contribution in [3.8, 4) is 0 Å². The molecule has 1 aliphatic carbocycles. The fraction of sp³-hybridized carbons (Fsp3) is 0.820. The third-order valence-electron chi connectivity index (χ3n) is 14.7. The maximum absolute atomic E-state index is 14.5. The molecular formula is C50H79NO14S. The number of carbonyl (C=O) groups excluding carboxylic acids is 5. The Labute approximate surface area is 396 Å². The maximum Gasteiger partial charge on any atom is 0.329 e. The quantitative estimate of drug-likeness (QED) is 0.101. The third kappa shape index (κ3) is 13.5. The number of aliphatic hydroxyl groups is 2. The van der Waals surface area contributed by atoms with Gasteiger partial charge in [0, 0.05) is 59.2 Å². The zero-order valence-electron chi connectivity index (χ0n) is 40.9. The van der Waals surface area contributed by atoms with Gasteiger partial charge in [0.1, 0.15) is 23.5 Å². The summed E-state index contributed by atoms with van der Waals surface area (Å²) in [6.07, 6.45) is 6.24. The Balaban J connectivity index is 1.41. The fourth-order valence-corrected chi connectivity index (χ4v) is 11.8. The number of amides is 1. The van der Waals surface area contributed by atoms with E-state index in [1.54, 1.807) is 32.7 Å². The highest BCUT2D eigenvalue weighted by atomic mass is 32.2. The van der Waals surface area contributed by atoms with E-state index in [9.17, 15) is 34.2 Å². The van der Waals surface area contributed by atoms with E-state index in [-0.39, 0.29) is 72.8 Å². The zero-order valence-corrected chi connectivity index (χ0v) is 41.7. The van der Waals surface area contributed by atoms with E-state index in [0.29, 0.717) is 62.9 Å². The number of allylic oxidation sites excluding steroid dienone is 3. The summed E-state index contributed by atoms with van der Waals surface area (Å²) in [5.74, 6) is -6.48. The molecular weight excluding hydrogens is 871 g/mol. The number of nitrogens with zero attached hydrogens (tertiary/aromatic N) is 1. The predicted molar refractivity (Wildman–Crippen MR) is 248 cm³/mol. The van der Waals surface area contributed by atoms with E-state index in [1.807, 2.05) is 26.8 Å². The molecule has 5 rings (SSSR count). The number of piperidine rings is 1. The normalized spacial score (nSPS) is 38.5. The summed E-state index contributed by atoms with van der Waals surface area (Å²) >= 11 is 1.61. The van der Waals surface area contributed by atoms with Crippen LogP contribution < -0.4 is 0 Å². The summed E-state index contributed by atoms with van der Waals surface area (Å²) in [6.45, 7) is 12.4. The van der Waals surface area contributed by atoms with Crippen LogP contribution in [0.5, 0.6) is 0 Å². The van der Waals surface area contributed by atoms with Crippen molar-refractivity contribution in [2.24, 2.45) is 29.6 Å². The largest absolute Gasteiger partial charge is 0.465 e. The topological polar surface area (TPSA) is 194 Å². The number of rotatable bonds is 12. The van der Waals surface area contributed by atoms with E-state index in [0.717, 1.165) is 31.4 Å². The molecule has 4 fully saturated rings. The van der Waals surface area contributed by atoms with Gasteiger partial charge in [0.15, 0.2) is 5.78 Å². The standard InChI is InChI=1S/C50H79NO14S/c1-10-35-23-29(2)22-30(3)24-41(60-8)45-42(61-9)26-32(5)50(58,65-45)46(54)47(55)51-18-12-11-14-36(51)48(56)64-44(33(6)37(52)28-38(35)53)31(4)25-34-15-16-39(40(27-34)59-7)62-19-13-21-66-43-17-20-63-49(43)57/h23,25,29-30,32-34,36-37,39-45,52,58H,10-22,24,26-28H2,1-9H3/t29?,30-,32+,33+,34-,36-,37-,39+,40+,41-,42-,43?,44+,45?,50+/m0/s1. The number of cyclic esters (lactones) is 2. The third-order valence-corrected chi connectivity index (χ3v) is 16.0. The summed E-state index contributed by atoms with van der Waals surface area (Å²) < 4.78 is 41.7. The van der Waals surface area contributed by atoms with Crippen LogP contribution in [0.15, 0.2) is 23.3 Å². The van der Waals surface area contributed by atoms with Gasteiger partial charge in [-0.3, -0.25) is 19.2 Å². The minimum Gasteiger partial charge on any atom is -0.465 e. The molecule has 66 heavy (non-hydrogen) atoms. The maximum atomic E-state index is 14.5. The van der Waals surface area contributed by atoms with E-state index in [2.05, 4.69) is 13.0 Å². The van der Waals surface area contributed by atoms with E-state index >= 15 is 0 Å². The second kappa shape index (κ2) is 25.2. The molecule has 1 amide bonds. The molecule has 2 N–H and O–H groups in total. The second-order valence-electron chi connectivity index (χ2n) is 19.7. The SMILES string of the molecule is CCC1=CC(C)C[C@H](C)C[C@H](OC)C2O[C@@](O)(C(=O)C(=O)N3CCCC[C@H]3C(=O)O[C@H](C(C)=C[C@@H]3CC[C@@H](OCCCSC4CCOC4=O)[C@H](OC)C3)[C@H](C)[C@@H](O)CC1=O)[C@H](C)C[C@@H]2OC. The molecule has 0 aromatic heterocycles. The second-order valence-corrected chi connectivity index (χ2v) is 21.0. The van der Waals surface area contributed by atoms with Crippen LogP contribution in [-0.4, -0.2) is 151 Å². The number of hydrogen-bond acceptors (Lipinski definition) is 15. The Morgan fingerprint density at radius 1 is 0.894 bits per heavy atom. The molecule has 5 aliphatic rings.